The number of rotatable bonds is 5. The van der Waals surface area contributed by atoms with Gasteiger partial charge in [-0.25, -0.2) is 4.79 Å². The Hall–Kier alpha value is -2.52. The third-order valence-corrected chi connectivity index (χ3v) is 11.0. The van der Waals surface area contributed by atoms with Crippen LogP contribution in [0.25, 0.3) is 0 Å². The first kappa shape index (κ1) is 26.1. The molecule has 184 valence electrons. The molecule has 2 unspecified atom stereocenters. The molecule has 0 saturated carbocycles. The minimum absolute atomic E-state index is 0.181. The van der Waals surface area contributed by atoms with E-state index in [1.807, 2.05) is 60.7 Å². The van der Waals surface area contributed by atoms with E-state index in [1.165, 1.54) is 0 Å². The molecule has 2 N–H and O–H groups in total. The van der Waals surface area contributed by atoms with E-state index in [0.29, 0.717) is 0 Å². The lowest BCUT2D eigenvalue weighted by molar-refractivity contribution is -0.128. The van der Waals surface area contributed by atoms with Crippen LogP contribution in [0.1, 0.15) is 41.5 Å². The largest absolute Gasteiger partial charge is 0.444 e. The number of ketones is 1. The molecule has 1 fully saturated rings. The van der Waals surface area contributed by atoms with Gasteiger partial charge < -0.3 is 19.4 Å². The minimum Gasteiger partial charge on any atom is -0.444 e. The normalized spacial score (nSPS) is 21.6. The van der Waals surface area contributed by atoms with Crippen LogP contribution in [-0.4, -0.2) is 65.9 Å². The molecule has 0 aliphatic carbocycles. The van der Waals surface area contributed by atoms with Crippen molar-refractivity contribution in [3.05, 3.63) is 60.7 Å². The van der Waals surface area contributed by atoms with Gasteiger partial charge in [-0.05, 0) is 36.2 Å². The van der Waals surface area contributed by atoms with Crippen LogP contribution < -0.4 is 10.4 Å². The van der Waals surface area contributed by atoms with Gasteiger partial charge in [0.05, 0.1) is 6.61 Å². The molecule has 1 saturated heterocycles. The van der Waals surface area contributed by atoms with E-state index in [2.05, 4.69) is 20.8 Å². The number of carbonyl (C=O) groups excluding carboxylic acids is 2. The monoisotopic (exact) mass is 485 g/mol. The van der Waals surface area contributed by atoms with E-state index < -0.39 is 44.2 Å². The Morgan fingerprint density at radius 1 is 0.912 bits per heavy atom. The van der Waals surface area contributed by atoms with Crippen molar-refractivity contribution in [1.29, 1.82) is 0 Å². The van der Waals surface area contributed by atoms with Gasteiger partial charge in [-0.1, -0.05) is 81.4 Å². The van der Waals surface area contributed by atoms with Gasteiger partial charge in [0, 0.05) is 0 Å². The number of carbonyl (C=O) groups is 2. The molecule has 0 bridgehead atoms. The number of Topliss-reactive ketones (excluding diaryl/α,β-unsaturated/α-hetero) is 1. The molecule has 3 atom stereocenters. The Morgan fingerprint density at radius 3 is 1.79 bits per heavy atom. The van der Waals surface area contributed by atoms with Gasteiger partial charge in [-0.3, -0.25) is 9.69 Å². The number of nitrogens with zero attached hydrogens (tertiary/aromatic N) is 1. The highest BCUT2D eigenvalue weighted by molar-refractivity contribution is 6.99. The van der Waals surface area contributed by atoms with Crippen LogP contribution in [0, 0.1) is 0 Å². The molecule has 1 aliphatic heterocycles. The Morgan fingerprint density at radius 2 is 1.38 bits per heavy atom. The van der Waals surface area contributed by atoms with Crippen molar-refractivity contribution in [3.8, 4) is 0 Å². The number of aliphatic hydroxyl groups excluding tert-OH is 2. The fourth-order valence-electron chi connectivity index (χ4n) is 4.50. The summed E-state index contributed by atoms with van der Waals surface area (Å²) in [4.78, 5) is 26.7. The molecule has 8 heteroatoms. The standard InChI is InChI=1S/C26H35NO6Si/c1-25(2,3)33-24(31)27-20(21(28)22(29)23(27)30)17-32-34(26(4,5)6,18-13-9-7-10-14-18)19-15-11-8-12-16-19/h7-16,20,22-23,29-30H,17H2,1-6H3/t20?,22-,23?/m1/s1. The first-order chi connectivity index (χ1) is 15.8. The van der Waals surface area contributed by atoms with Crippen LogP contribution in [-0.2, 0) is 14.0 Å². The summed E-state index contributed by atoms with van der Waals surface area (Å²) in [6.45, 7) is 11.2. The maximum absolute atomic E-state index is 12.9. The van der Waals surface area contributed by atoms with Gasteiger partial charge in [0.15, 0.2) is 18.1 Å². The fraction of sp³-hybridized carbons (Fsp3) is 0.462. The summed E-state index contributed by atoms with van der Waals surface area (Å²) in [6, 6.07) is 18.6. The Kier molecular flexibility index (Phi) is 7.38. The first-order valence-electron chi connectivity index (χ1n) is 11.5. The van der Waals surface area contributed by atoms with Crippen LogP contribution in [0.5, 0.6) is 0 Å². The second kappa shape index (κ2) is 9.62. The molecule has 0 aromatic heterocycles. The lowest BCUT2D eigenvalue weighted by Crippen LogP contribution is -2.67. The molecule has 3 rings (SSSR count). The van der Waals surface area contributed by atoms with Gasteiger partial charge in [0.25, 0.3) is 8.32 Å². The number of hydrogen-bond donors (Lipinski definition) is 2. The van der Waals surface area contributed by atoms with Crippen molar-refractivity contribution in [2.45, 2.75) is 70.6 Å². The zero-order valence-electron chi connectivity index (χ0n) is 20.7. The topological polar surface area (TPSA) is 96.3 Å². The molecule has 1 aliphatic rings. The average molecular weight is 486 g/mol. The SMILES string of the molecule is CC(C)(C)OC(=O)N1C(CO[Si](c2ccccc2)(c2ccccc2)C(C)(C)C)C(=O)[C@@H](O)C1O. The molecule has 0 radical (unpaired) electrons. The Balaban J connectivity index is 2.05. The van der Waals surface area contributed by atoms with E-state index in [4.69, 9.17) is 9.16 Å². The maximum atomic E-state index is 12.9. The zero-order chi connectivity index (χ0) is 25.3. The molecule has 0 spiro atoms. The lowest BCUT2D eigenvalue weighted by atomic mass is 10.2. The minimum atomic E-state index is -3.00. The summed E-state index contributed by atoms with van der Waals surface area (Å²) in [6.07, 6.45) is -4.30. The molecule has 2 aromatic rings. The van der Waals surface area contributed by atoms with Crippen molar-refractivity contribution < 1.29 is 29.0 Å². The summed E-state index contributed by atoms with van der Waals surface area (Å²) in [7, 11) is -3.00. The van der Waals surface area contributed by atoms with E-state index in [-0.39, 0.29) is 11.6 Å². The van der Waals surface area contributed by atoms with Crippen molar-refractivity contribution in [2.24, 2.45) is 0 Å². The highest BCUT2D eigenvalue weighted by Gasteiger charge is 2.54. The third-order valence-electron chi connectivity index (χ3n) is 6.00. The van der Waals surface area contributed by atoms with Crippen LogP contribution in [0.2, 0.25) is 5.04 Å². The number of amides is 1. The first-order valence-corrected chi connectivity index (χ1v) is 13.4. The Bertz CT molecular complexity index is 960. The van der Waals surface area contributed by atoms with Crippen LogP contribution in [0.15, 0.2) is 60.7 Å². The van der Waals surface area contributed by atoms with Gasteiger partial charge in [-0.15, -0.1) is 0 Å². The number of likely N-dealkylation sites (tertiary alicyclic amines) is 1. The maximum Gasteiger partial charge on any atom is 0.413 e. The molecule has 34 heavy (non-hydrogen) atoms. The van der Waals surface area contributed by atoms with Crippen molar-refractivity contribution >= 4 is 30.6 Å². The highest BCUT2D eigenvalue weighted by atomic mass is 28.4. The molecular formula is C26H35NO6Si. The van der Waals surface area contributed by atoms with Gasteiger partial charge in [-0.2, -0.15) is 0 Å². The van der Waals surface area contributed by atoms with Crippen LogP contribution in [0.3, 0.4) is 0 Å². The van der Waals surface area contributed by atoms with E-state index in [9.17, 15) is 19.8 Å². The summed E-state index contributed by atoms with van der Waals surface area (Å²) < 4.78 is 12.2. The van der Waals surface area contributed by atoms with Crippen molar-refractivity contribution in [1.82, 2.24) is 4.90 Å². The van der Waals surface area contributed by atoms with Crippen LogP contribution in [0.4, 0.5) is 4.79 Å². The number of hydrogen-bond acceptors (Lipinski definition) is 6. The number of benzene rings is 2. The zero-order valence-corrected chi connectivity index (χ0v) is 21.7. The second-order valence-corrected chi connectivity index (χ2v) is 14.9. The number of aliphatic hydroxyl groups is 2. The van der Waals surface area contributed by atoms with Crippen molar-refractivity contribution in [2.75, 3.05) is 6.61 Å². The predicted octanol–water partition coefficient (Wildman–Crippen LogP) is 2.43. The average Bonchev–Trinajstić information content (AvgIpc) is 2.97. The highest BCUT2D eigenvalue weighted by Crippen LogP contribution is 2.37. The molecule has 1 heterocycles. The molecule has 2 aromatic carbocycles. The lowest BCUT2D eigenvalue weighted by Gasteiger charge is -2.43. The predicted molar refractivity (Wildman–Crippen MR) is 132 cm³/mol. The molecule has 1 amide bonds. The second-order valence-electron chi connectivity index (χ2n) is 10.6. The summed E-state index contributed by atoms with van der Waals surface area (Å²) >= 11 is 0. The van der Waals surface area contributed by atoms with E-state index in [1.54, 1.807) is 20.8 Å². The van der Waals surface area contributed by atoms with Gasteiger partial charge in [0.2, 0.25) is 0 Å². The van der Waals surface area contributed by atoms with Crippen LogP contribution >= 0.6 is 0 Å². The van der Waals surface area contributed by atoms with E-state index >= 15 is 0 Å². The summed E-state index contributed by atoms with van der Waals surface area (Å²) in [5.74, 6) is -0.670. The quantitative estimate of drug-likeness (QED) is 0.632. The molecular weight excluding hydrogens is 450 g/mol. The fourth-order valence-corrected chi connectivity index (χ4v) is 9.06. The van der Waals surface area contributed by atoms with Crippen molar-refractivity contribution in [3.63, 3.8) is 0 Å². The number of ether oxygens (including phenoxy) is 1. The third kappa shape index (κ3) is 4.95. The Labute approximate surface area is 202 Å². The van der Waals surface area contributed by atoms with Gasteiger partial charge >= 0.3 is 6.09 Å². The van der Waals surface area contributed by atoms with Gasteiger partial charge in [0.1, 0.15) is 11.6 Å². The summed E-state index contributed by atoms with van der Waals surface area (Å²) in [5.41, 5.74) is -0.837. The molecule has 7 nitrogen and oxygen atoms in total. The summed E-state index contributed by atoms with van der Waals surface area (Å²) in [5, 5.41) is 22.5. The van der Waals surface area contributed by atoms with E-state index in [0.717, 1.165) is 15.3 Å². The smallest absolute Gasteiger partial charge is 0.413 e.